The van der Waals surface area contributed by atoms with Crippen molar-refractivity contribution in [2.45, 2.75) is 25.7 Å². The number of rotatable bonds is 8. The zero-order chi connectivity index (χ0) is 26.8. The molecule has 4 heterocycles. The molecule has 2 N–H and O–H groups in total. The van der Waals surface area contributed by atoms with Crippen LogP contribution < -0.4 is 5.32 Å². The van der Waals surface area contributed by atoms with Crippen molar-refractivity contribution in [1.82, 2.24) is 24.2 Å². The summed E-state index contributed by atoms with van der Waals surface area (Å²) in [5, 5.41) is 26.8. The number of carbonyl (C=O) groups is 1. The number of nitrogens with zero attached hydrogens (tertiary/aromatic N) is 6. The number of halogens is 1. The molecule has 0 aliphatic carbocycles. The van der Waals surface area contributed by atoms with Crippen molar-refractivity contribution in [2.75, 3.05) is 19.0 Å². The quantitative estimate of drug-likeness (QED) is 0.370. The van der Waals surface area contributed by atoms with Gasteiger partial charge in [-0.15, -0.1) is 0 Å². The fourth-order valence-electron chi connectivity index (χ4n) is 4.72. The molecule has 38 heavy (non-hydrogen) atoms. The smallest absolute Gasteiger partial charge is 0.271 e. The summed E-state index contributed by atoms with van der Waals surface area (Å²) in [5.74, 6) is 0.572. The van der Waals surface area contributed by atoms with Crippen molar-refractivity contribution in [2.24, 2.45) is 7.05 Å². The van der Waals surface area contributed by atoms with Gasteiger partial charge in [0, 0.05) is 56.8 Å². The highest BCUT2D eigenvalue weighted by molar-refractivity contribution is 5.95. The van der Waals surface area contributed by atoms with Crippen LogP contribution in [-0.4, -0.2) is 55.0 Å². The predicted octanol–water partition coefficient (Wildman–Crippen LogP) is 3.20. The van der Waals surface area contributed by atoms with E-state index in [-0.39, 0.29) is 31.7 Å². The Bertz CT molecular complexity index is 1540. The van der Waals surface area contributed by atoms with Crippen LogP contribution in [-0.2, 0) is 31.5 Å². The molecule has 0 fully saturated rings. The fraction of sp³-hybridized carbons (Fsp3) is 0.259. The summed E-state index contributed by atoms with van der Waals surface area (Å²) in [6, 6.07) is 11.3. The summed E-state index contributed by atoms with van der Waals surface area (Å²) in [7, 11) is 3.36. The van der Waals surface area contributed by atoms with Gasteiger partial charge < -0.3 is 24.6 Å². The lowest BCUT2D eigenvalue weighted by Gasteiger charge is -2.36. The van der Waals surface area contributed by atoms with Crippen molar-refractivity contribution >= 4 is 17.5 Å². The zero-order valence-electron chi connectivity index (χ0n) is 20.9. The first kappa shape index (κ1) is 25.1. The third-order valence-electron chi connectivity index (χ3n) is 6.68. The van der Waals surface area contributed by atoms with Crippen molar-refractivity contribution in [3.8, 4) is 17.2 Å². The SMILES string of the molecule is COC[C@H]1Cn2cc(-c3cc(Nc4ccnn4C)ncc3C#N)cc2C(=O)N1Cc1cc(F)ccc1CO. The van der Waals surface area contributed by atoms with E-state index >= 15 is 0 Å². The van der Waals surface area contributed by atoms with Crippen LogP contribution in [0.25, 0.3) is 11.1 Å². The number of amides is 1. The maximum absolute atomic E-state index is 14.0. The van der Waals surface area contributed by atoms with E-state index in [1.54, 1.807) is 48.1 Å². The number of methoxy groups -OCH3 is 1. The summed E-state index contributed by atoms with van der Waals surface area (Å²) in [6.45, 7) is 0.589. The molecular formula is C27H26FN7O3. The van der Waals surface area contributed by atoms with Gasteiger partial charge in [-0.2, -0.15) is 10.4 Å². The molecule has 0 saturated heterocycles. The van der Waals surface area contributed by atoms with Crippen LogP contribution in [0.1, 0.15) is 27.2 Å². The van der Waals surface area contributed by atoms with E-state index in [0.29, 0.717) is 45.9 Å². The highest BCUT2D eigenvalue weighted by Gasteiger charge is 2.34. The third kappa shape index (κ3) is 4.74. The van der Waals surface area contributed by atoms with Gasteiger partial charge in [-0.05, 0) is 35.4 Å². The lowest BCUT2D eigenvalue weighted by Crippen LogP contribution is -2.49. The van der Waals surface area contributed by atoms with E-state index in [1.807, 2.05) is 10.8 Å². The predicted molar refractivity (Wildman–Crippen MR) is 137 cm³/mol. The minimum absolute atomic E-state index is 0.124. The summed E-state index contributed by atoms with van der Waals surface area (Å²) in [5.41, 5.74) is 3.23. The van der Waals surface area contributed by atoms with Crippen molar-refractivity contribution in [3.05, 3.63) is 83.2 Å². The first-order valence-electron chi connectivity index (χ1n) is 12.0. The molecule has 1 aliphatic rings. The van der Waals surface area contributed by atoms with Gasteiger partial charge in [-0.3, -0.25) is 9.48 Å². The molecular weight excluding hydrogens is 489 g/mol. The molecule has 11 heteroatoms. The first-order valence-corrected chi connectivity index (χ1v) is 12.0. The molecule has 0 unspecified atom stereocenters. The van der Waals surface area contributed by atoms with Gasteiger partial charge in [-0.1, -0.05) is 6.07 Å². The number of hydrogen-bond acceptors (Lipinski definition) is 7. The molecule has 4 aromatic rings. The second-order valence-electron chi connectivity index (χ2n) is 9.07. The van der Waals surface area contributed by atoms with Gasteiger partial charge in [0.2, 0.25) is 0 Å². The Morgan fingerprint density at radius 3 is 2.82 bits per heavy atom. The number of carbonyl (C=O) groups excluding carboxylic acids is 1. The van der Waals surface area contributed by atoms with Crippen LogP contribution in [0, 0.1) is 17.1 Å². The summed E-state index contributed by atoms with van der Waals surface area (Å²) in [6.07, 6.45) is 5.00. The minimum atomic E-state index is -0.437. The van der Waals surface area contributed by atoms with E-state index in [4.69, 9.17) is 4.74 Å². The Balaban J connectivity index is 1.50. The normalized spacial score (nSPS) is 14.9. The average molecular weight is 516 g/mol. The highest BCUT2D eigenvalue weighted by Crippen LogP contribution is 2.32. The van der Waals surface area contributed by atoms with Gasteiger partial charge in [0.1, 0.15) is 29.2 Å². The van der Waals surface area contributed by atoms with Crippen LogP contribution in [0.4, 0.5) is 16.0 Å². The molecule has 3 aromatic heterocycles. The van der Waals surface area contributed by atoms with Crippen LogP contribution in [0.15, 0.2) is 55.0 Å². The maximum atomic E-state index is 14.0. The number of aliphatic hydroxyl groups is 1. The molecule has 194 valence electrons. The van der Waals surface area contributed by atoms with Crippen molar-refractivity contribution < 1.29 is 19.0 Å². The molecule has 1 atom stereocenters. The maximum Gasteiger partial charge on any atom is 0.271 e. The number of aliphatic hydroxyl groups excluding tert-OH is 1. The molecule has 5 rings (SSSR count). The molecule has 10 nitrogen and oxygen atoms in total. The van der Waals surface area contributed by atoms with Gasteiger partial charge >= 0.3 is 0 Å². The van der Waals surface area contributed by atoms with E-state index in [0.717, 1.165) is 5.82 Å². The van der Waals surface area contributed by atoms with E-state index < -0.39 is 5.82 Å². The zero-order valence-corrected chi connectivity index (χ0v) is 20.9. The monoisotopic (exact) mass is 515 g/mol. The average Bonchev–Trinajstić information content (AvgIpc) is 3.52. The lowest BCUT2D eigenvalue weighted by molar-refractivity contribution is 0.0386. The highest BCUT2D eigenvalue weighted by atomic mass is 19.1. The van der Waals surface area contributed by atoms with E-state index in [9.17, 15) is 19.6 Å². The Morgan fingerprint density at radius 2 is 2.11 bits per heavy atom. The number of pyridine rings is 1. The molecule has 0 radical (unpaired) electrons. The topological polar surface area (TPSA) is 121 Å². The number of aryl methyl sites for hydroxylation is 1. The lowest BCUT2D eigenvalue weighted by atomic mass is 10.0. The van der Waals surface area contributed by atoms with Crippen LogP contribution in [0.3, 0.4) is 0 Å². The Morgan fingerprint density at radius 1 is 1.26 bits per heavy atom. The Kier molecular flexibility index (Phi) is 6.91. The molecule has 0 bridgehead atoms. The van der Waals surface area contributed by atoms with Crippen LogP contribution in [0.2, 0.25) is 0 Å². The molecule has 1 aromatic carbocycles. The number of hydrogen-bond donors (Lipinski definition) is 2. The second-order valence-corrected chi connectivity index (χ2v) is 9.07. The third-order valence-corrected chi connectivity index (χ3v) is 6.68. The Hall–Kier alpha value is -4.53. The van der Waals surface area contributed by atoms with Crippen molar-refractivity contribution in [3.63, 3.8) is 0 Å². The number of nitrogens with one attached hydrogen (secondary N) is 1. The number of aromatic nitrogens is 4. The minimum Gasteiger partial charge on any atom is -0.392 e. The standard InChI is InChI=1S/C27H26FN7O3/c1-33-26(5-6-31-33)32-25-9-23(20(10-29)11-30-25)19-8-24-27(37)35(22(16-38-2)14-34(24)12-19)13-18-7-21(28)4-3-17(18)15-36/h3-9,11-12,22,36H,13-16H2,1-2H3,(H,30,32)/t22-/m1/s1. The summed E-state index contributed by atoms with van der Waals surface area (Å²) < 4.78 is 22.9. The number of ether oxygens (including phenoxy) is 1. The van der Waals surface area contributed by atoms with Gasteiger partial charge in [0.15, 0.2) is 0 Å². The van der Waals surface area contributed by atoms with Gasteiger partial charge in [0.25, 0.3) is 5.91 Å². The number of fused-ring (bicyclic) bond motifs is 1. The number of anilines is 2. The molecule has 1 amide bonds. The van der Waals surface area contributed by atoms with E-state index in [2.05, 4.69) is 21.5 Å². The summed E-state index contributed by atoms with van der Waals surface area (Å²) >= 11 is 0. The Labute approximate surface area is 218 Å². The number of benzene rings is 1. The van der Waals surface area contributed by atoms with Crippen LogP contribution in [0.5, 0.6) is 0 Å². The number of nitriles is 1. The molecule has 0 spiro atoms. The summed E-state index contributed by atoms with van der Waals surface area (Å²) in [4.78, 5) is 19.7. The van der Waals surface area contributed by atoms with Crippen LogP contribution >= 0.6 is 0 Å². The van der Waals surface area contributed by atoms with Gasteiger partial charge in [-0.25, -0.2) is 9.37 Å². The second kappa shape index (κ2) is 10.5. The molecule has 0 saturated carbocycles. The van der Waals surface area contributed by atoms with Crippen molar-refractivity contribution in [1.29, 1.82) is 5.26 Å². The first-order chi connectivity index (χ1) is 18.4. The van der Waals surface area contributed by atoms with E-state index in [1.165, 1.54) is 24.4 Å². The largest absolute Gasteiger partial charge is 0.392 e. The molecule has 1 aliphatic heterocycles. The van der Waals surface area contributed by atoms with Gasteiger partial charge in [0.05, 0.1) is 31.0 Å². The fourth-order valence-corrected chi connectivity index (χ4v) is 4.72.